The van der Waals surface area contributed by atoms with E-state index in [1.54, 1.807) is 0 Å². The van der Waals surface area contributed by atoms with Crippen LogP contribution in [0.1, 0.15) is 50.5 Å². The summed E-state index contributed by atoms with van der Waals surface area (Å²) in [5, 5.41) is 0.659. The number of fused-ring (bicyclic) bond motifs is 5. The molecule has 7 rings (SSSR count). The standard InChI is InChI=1S/C28H30N4O3S/c33-27-24-20-5-4-6-21-26(20)36-32(28(21)34)12-9-17-7-8-19(13-17)35-23-15-18(14-22(29-27)25(23)30-24)16-31-10-2-1-3-11-31/h4-6,14-15,17,19H,1-3,7-13,16H2,(H,29,33)/t17-,19-/m0/s1. The van der Waals surface area contributed by atoms with E-state index < -0.39 is 0 Å². The van der Waals surface area contributed by atoms with Crippen LogP contribution < -0.4 is 15.9 Å². The van der Waals surface area contributed by atoms with Crippen LogP contribution in [-0.2, 0) is 13.1 Å². The molecule has 0 unspecified atom stereocenters. The average molecular weight is 503 g/mol. The van der Waals surface area contributed by atoms with Gasteiger partial charge in [0.2, 0.25) is 0 Å². The number of H-pyrrole nitrogens is 1. The molecule has 1 saturated heterocycles. The van der Waals surface area contributed by atoms with Crippen LogP contribution in [-0.4, -0.2) is 38.0 Å². The Balaban J connectivity index is 1.42. The molecular weight excluding hydrogens is 472 g/mol. The van der Waals surface area contributed by atoms with Crippen LogP contribution in [0.3, 0.4) is 0 Å². The quantitative estimate of drug-likeness (QED) is 0.422. The van der Waals surface area contributed by atoms with E-state index >= 15 is 0 Å². The lowest BCUT2D eigenvalue weighted by Gasteiger charge is -2.27. The molecule has 3 aliphatic rings. The molecule has 2 fully saturated rings. The fraction of sp³-hybridized carbons (Fsp3) is 0.464. The smallest absolute Gasteiger partial charge is 0.275 e. The predicted molar refractivity (Wildman–Crippen MR) is 143 cm³/mol. The second-order valence-corrected chi connectivity index (χ2v) is 11.7. The Morgan fingerprint density at radius 3 is 2.83 bits per heavy atom. The molecule has 36 heavy (non-hydrogen) atoms. The summed E-state index contributed by atoms with van der Waals surface area (Å²) in [6, 6.07) is 9.80. The summed E-state index contributed by atoms with van der Waals surface area (Å²) in [6.07, 6.45) is 7.97. The van der Waals surface area contributed by atoms with E-state index in [-0.39, 0.29) is 17.2 Å². The van der Waals surface area contributed by atoms with Gasteiger partial charge < -0.3 is 9.72 Å². The van der Waals surface area contributed by atoms with Gasteiger partial charge in [-0.05, 0) is 81.3 Å². The lowest BCUT2D eigenvalue weighted by molar-refractivity contribution is 0.203. The Morgan fingerprint density at radius 2 is 1.94 bits per heavy atom. The minimum atomic E-state index is -0.239. The Labute approximate surface area is 212 Å². The third-order valence-electron chi connectivity index (χ3n) is 8.13. The summed E-state index contributed by atoms with van der Waals surface area (Å²) >= 11 is 1.45. The highest BCUT2D eigenvalue weighted by Gasteiger charge is 2.28. The summed E-state index contributed by atoms with van der Waals surface area (Å²) in [6.45, 7) is 3.77. The van der Waals surface area contributed by atoms with Gasteiger partial charge >= 0.3 is 0 Å². The number of benzene rings is 2. The zero-order valence-electron chi connectivity index (χ0n) is 20.3. The van der Waals surface area contributed by atoms with Crippen molar-refractivity contribution in [2.24, 2.45) is 5.92 Å². The van der Waals surface area contributed by atoms with Gasteiger partial charge in [-0.3, -0.25) is 18.4 Å². The van der Waals surface area contributed by atoms with Gasteiger partial charge in [0.1, 0.15) is 17.0 Å². The fourth-order valence-corrected chi connectivity index (χ4v) is 7.38. The van der Waals surface area contributed by atoms with Gasteiger partial charge in [0.05, 0.1) is 21.7 Å². The van der Waals surface area contributed by atoms with Crippen molar-refractivity contribution in [1.82, 2.24) is 18.8 Å². The van der Waals surface area contributed by atoms with Gasteiger partial charge in [0, 0.05) is 18.7 Å². The second-order valence-electron chi connectivity index (χ2n) is 10.6. The molecule has 2 aliphatic heterocycles. The van der Waals surface area contributed by atoms with Crippen LogP contribution in [0.5, 0.6) is 5.75 Å². The molecule has 1 N–H and O–H groups in total. The minimum absolute atomic E-state index is 0.0257. The van der Waals surface area contributed by atoms with Crippen molar-refractivity contribution in [2.75, 3.05) is 13.1 Å². The molecule has 1 saturated carbocycles. The van der Waals surface area contributed by atoms with Crippen molar-refractivity contribution in [1.29, 1.82) is 0 Å². The first-order valence-electron chi connectivity index (χ1n) is 13.2. The van der Waals surface area contributed by atoms with Gasteiger partial charge in [0.25, 0.3) is 11.1 Å². The van der Waals surface area contributed by atoms with Crippen molar-refractivity contribution < 1.29 is 4.74 Å². The molecule has 0 radical (unpaired) electrons. The van der Waals surface area contributed by atoms with E-state index in [0.717, 1.165) is 61.3 Å². The maximum absolute atomic E-state index is 13.4. The first kappa shape index (κ1) is 22.2. The number of piperidine rings is 1. The highest BCUT2D eigenvalue weighted by atomic mass is 32.1. The Kier molecular flexibility index (Phi) is 5.47. The van der Waals surface area contributed by atoms with Crippen LogP contribution >= 0.6 is 11.5 Å². The lowest BCUT2D eigenvalue weighted by Crippen LogP contribution is -2.29. The van der Waals surface area contributed by atoms with Crippen LogP contribution in [0.15, 0.2) is 39.9 Å². The third-order valence-corrected chi connectivity index (χ3v) is 9.32. The molecular formula is C28H30N4O3S. The maximum Gasteiger partial charge on any atom is 0.275 e. The molecule has 0 spiro atoms. The first-order valence-corrected chi connectivity index (χ1v) is 14.0. The number of aryl methyl sites for hydroxylation is 1. The number of rotatable bonds is 2. The highest BCUT2D eigenvalue weighted by molar-refractivity contribution is 7.14. The third kappa shape index (κ3) is 3.87. The number of ether oxygens (including phenoxy) is 1. The Bertz CT molecular complexity index is 1580. The van der Waals surface area contributed by atoms with E-state index in [9.17, 15) is 9.59 Å². The molecule has 186 valence electrons. The molecule has 2 aromatic carbocycles. The van der Waals surface area contributed by atoms with Crippen molar-refractivity contribution in [3.05, 3.63) is 56.6 Å². The predicted octanol–water partition coefficient (Wildman–Crippen LogP) is 4.90. The van der Waals surface area contributed by atoms with Crippen molar-refractivity contribution in [3.63, 3.8) is 0 Å². The van der Waals surface area contributed by atoms with Crippen LogP contribution in [0.2, 0.25) is 0 Å². The first-order chi connectivity index (χ1) is 17.6. The summed E-state index contributed by atoms with van der Waals surface area (Å²) in [7, 11) is 0. The zero-order valence-corrected chi connectivity index (χ0v) is 21.1. The molecule has 0 amide bonds. The van der Waals surface area contributed by atoms with Crippen molar-refractivity contribution in [3.8, 4) is 17.0 Å². The minimum Gasteiger partial charge on any atom is -0.488 e. The van der Waals surface area contributed by atoms with Crippen molar-refractivity contribution >= 4 is 32.7 Å². The van der Waals surface area contributed by atoms with Gasteiger partial charge in [-0.2, -0.15) is 0 Å². The molecule has 1 aliphatic carbocycles. The zero-order chi connectivity index (χ0) is 24.2. The molecule has 7 nitrogen and oxygen atoms in total. The molecule has 8 heteroatoms. The van der Waals surface area contributed by atoms with E-state index in [2.05, 4.69) is 22.0 Å². The van der Waals surface area contributed by atoms with Crippen LogP contribution in [0, 0.1) is 5.92 Å². The monoisotopic (exact) mass is 502 g/mol. The van der Waals surface area contributed by atoms with Gasteiger partial charge in [-0.25, -0.2) is 4.98 Å². The molecule has 2 aromatic heterocycles. The van der Waals surface area contributed by atoms with Gasteiger partial charge in [0.15, 0.2) is 0 Å². The number of hydrogen-bond donors (Lipinski definition) is 1. The van der Waals surface area contributed by atoms with E-state index in [0.29, 0.717) is 40.1 Å². The Morgan fingerprint density at radius 1 is 1.06 bits per heavy atom. The average Bonchev–Trinajstić information content (AvgIpc) is 3.46. The lowest BCUT2D eigenvalue weighted by atomic mass is 10.0. The summed E-state index contributed by atoms with van der Waals surface area (Å²) < 4.78 is 9.32. The normalized spacial score (nSPS) is 22.3. The van der Waals surface area contributed by atoms with Crippen molar-refractivity contribution in [2.45, 2.75) is 64.1 Å². The summed E-state index contributed by atoms with van der Waals surface area (Å²) in [4.78, 5) is 37.0. The maximum atomic E-state index is 13.4. The fourth-order valence-electron chi connectivity index (χ4n) is 6.26. The molecule has 4 aromatic rings. The number of nitrogens with one attached hydrogen (secondary N) is 1. The van der Waals surface area contributed by atoms with Crippen LogP contribution in [0.25, 0.3) is 32.4 Å². The Hall–Kier alpha value is -2.97. The molecule has 2 atom stereocenters. The molecule has 4 heterocycles. The SMILES string of the molecule is O=c1[nH]c2cc(CN3CCCCC3)cc3c2nc1-c1cccc2c(=O)n(sc12)CC[C@@H]1CC[C@@H](C1)O3. The number of aromatic nitrogens is 3. The van der Waals surface area contributed by atoms with E-state index in [4.69, 9.17) is 9.72 Å². The highest BCUT2D eigenvalue weighted by Crippen LogP contribution is 2.36. The second kappa shape index (κ2) is 8.85. The van der Waals surface area contributed by atoms with E-state index in [1.807, 2.05) is 22.2 Å². The largest absolute Gasteiger partial charge is 0.488 e. The van der Waals surface area contributed by atoms with Gasteiger partial charge in [-0.1, -0.05) is 30.1 Å². The van der Waals surface area contributed by atoms with Crippen LogP contribution in [0.4, 0.5) is 0 Å². The number of hydrogen-bond acceptors (Lipinski definition) is 6. The van der Waals surface area contributed by atoms with Gasteiger partial charge in [-0.15, -0.1) is 0 Å². The van der Waals surface area contributed by atoms with E-state index in [1.165, 1.54) is 30.8 Å². The number of nitrogens with zero attached hydrogens (tertiary/aromatic N) is 3. The molecule has 6 bridgehead atoms. The number of likely N-dealkylation sites (tertiary alicyclic amines) is 1. The number of aromatic amines is 1. The topological polar surface area (TPSA) is 80.2 Å². The summed E-state index contributed by atoms with van der Waals surface area (Å²) in [5.74, 6) is 1.30. The summed E-state index contributed by atoms with van der Waals surface area (Å²) in [5.41, 5.74) is 3.40.